The Kier molecular flexibility index (Phi) is 4.41. The minimum absolute atomic E-state index is 0.113. The molecule has 0 aliphatic carbocycles. The second kappa shape index (κ2) is 6.06. The van der Waals surface area contributed by atoms with Crippen molar-refractivity contribution in [2.24, 2.45) is 0 Å². The van der Waals surface area contributed by atoms with Crippen molar-refractivity contribution in [3.8, 4) is 0 Å². The molecule has 6 nitrogen and oxygen atoms in total. The third-order valence-electron chi connectivity index (χ3n) is 2.86. The number of aromatic amines is 1. The van der Waals surface area contributed by atoms with Crippen LogP contribution in [0.3, 0.4) is 0 Å². The van der Waals surface area contributed by atoms with E-state index in [1.165, 1.54) is 6.20 Å². The molecule has 0 aliphatic rings. The van der Waals surface area contributed by atoms with Crippen molar-refractivity contribution in [3.05, 3.63) is 41.6 Å². The lowest BCUT2D eigenvalue weighted by atomic mass is 10.1. The number of aliphatic hydroxyl groups is 1. The van der Waals surface area contributed by atoms with Crippen LogP contribution >= 0.6 is 0 Å². The lowest BCUT2D eigenvalue weighted by molar-refractivity contribution is 0.278. The summed E-state index contributed by atoms with van der Waals surface area (Å²) in [6, 6.07) is 7.22. The normalized spacial score (nSPS) is 11.5. The molecule has 7 heteroatoms. The second-order valence-electron chi connectivity index (χ2n) is 4.43. The van der Waals surface area contributed by atoms with Crippen molar-refractivity contribution in [2.75, 3.05) is 4.72 Å². The fraction of sp³-hybridized carbons (Fsp3) is 0.308. The molecule has 0 spiro atoms. The highest BCUT2D eigenvalue weighted by Crippen LogP contribution is 2.18. The highest BCUT2D eigenvalue weighted by molar-refractivity contribution is 7.92. The Morgan fingerprint density at radius 3 is 2.60 bits per heavy atom. The Morgan fingerprint density at radius 2 is 2.00 bits per heavy atom. The summed E-state index contributed by atoms with van der Waals surface area (Å²) in [4.78, 5) is 0. The summed E-state index contributed by atoms with van der Waals surface area (Å²) < 4.78 is 26.8. The number of H-pyrrole nitrogens is 1. The van der Waals surface area contributed by atoms with E-state index in [0.717, 1.165) is 18.4 Å². The Hall–Kier alpha value is -1.86. The summed E-state index contributed by atoms with van der Waals surface area (Å²) in [5.74, 6) is 0. The predicted molar refractivity (Wildman–Crippen MR) is 75.8 cm³/mol. The number of anilines is 1. The molecule has 0 bridgehead atoms. The van der Waals surface area contributed by atoms with Crippen LogP contribution < -0.4 is 4.72 Å². The van der Waals surface area contributed by atoms with E-state index in [9.17, 15) is 8.42 Å². The average Bonchev–Trinajstić information content (AvgIpc) is 2.90. The van der Waals surface area contributed by atoms with Crippen LogP contribution in [0.4, 0.5) is 5.69 Å². The van der Waals surface area contributed by atoms with Gasteiger partial charge in [-0.15, -0.1) is 0 Å². The van der Waals surface area contributed by atoms with E-state index in [-0.39, 0.29) is 17.2 Å². The highest BCUT2D eigenvalue weighted by Gasteiger charge is 2.20. The third kappa shape index (κ3) is 3.17. The van der Waals surface area contributed by atoms with E-state index in [2.05, 4.69) is 21.8 Å². The first-order valence-corrected chi connectivity index (χ1v) is 7.80. The molecule has 0 saturated heterocycles. The molecule has 0 aliphatic heterocycles. The molecule has 0 saturated carbocycles. The van der Waals surface area contributed by atoms with Crippen LogP contribution in [-0.4, -0.2) is 23.7 Å². The average molecular weight is 295 g/mol. The van der Waals surface area contributed by atoms with Gasteiger partial charge in [-0.25, -0.2) is 0 Å². The first kappa shape index (κ1) is 14.5. The summed E-state index contributed by atoms with van der Waals surface area (Å²) in [5, 5.41) is 15.0. The first-order chi connectivity index (χ1) is 9.56. The van der Waals surface area contributed by atoms with Gasteiger partial charge in [0.2, 0.25) is 0 Å². The number of sulfonamides is 1. The van der Waals surface area contributed by atoms with Gasteiger partial charge in [0.1, 0.15) is 0 Å². The van der Waals surface area contributed by atoms with Crippen LogP contribution in [0.5, 0.6) is 0 Å². The van der Waals surface area contributed by atoms with Crippen LogP contribution in [0.15, 0.2) is 35.5 Å². The number of rotatable bonds is 6. The molecule has 2 aromatic rings. The molecule has 0 fully saturated rings. The number of nitrogens with zero attached hydrogens (tertiary/aromatic N) is 1. The Bertz CT molecular complexity index is 662. The lowest BCUT2D eigenvalue weighted by Crippen LogP contribution is -2.15. The van der Waals surface area contributed by atoms with Crippen molar-refractivity contribution in [2.45, 2.75) is 31.4 Å². The molecular formula is C13H17N3O3S. The molecule has 2 rings (SSSR count). The monoisotopic (exact) mass is 295 g/mol. The zero-order valence-electron chi connectivity index (χ0n) is 11.1. The van der Waals surface area contributed by atoms with Crippen LogP contribution in [0.1, 0.15) is 24.5 Å². The molecule has 0 unspecified atom stereocenters. The summed E-state index contributed by atoms with van der Waals surface area (Å²) in [6.07, 6.45) is 3.29. The standard InChI is InChI=1S/C13H17N3O3S/c1-2-3-10-4-6-12(7-5-10)16-20(18,19)13-11(9-17)8-14-15-13/h4-8,16-17H,2-3,9H2,1H3,(H,14,15). The number of hydrogen-bond donors (Lipinski definition) is 3. The maximum atomic E-state index is 12.2. The minimum atomic E-state index is -3.77. The highest BCUT2D eigenvalue weighted by atomic mass is 32.2. The minimum Gasteiger partial charge on any atom is -0.392 e. The molecule has 1 aromatic carbocycles. The van der Waals surface area contributed by atoms with Gasteiger partial charge in [0.15, 0.2) is 5.03 Å². The van der Waals surface area contributed by atoms with Crippen molar-refractivity contribution >= 4 is 15.7 Å². The number of nitrogens with one attached hydrogen (secondary N) is 2. The lowest BCUT2D eigenvalue weighted by Gasteiger charge is -2.08. The molecule has 108 valence electrons. The largest absolute Gasteiger partial charge is 0.392 e. The predicted octanol–water partition coefficient (Wildman–Crippen LogP) is 1.66. The number of benzene rings is 1. The third-order valence-corrected chi connectivity index (χ3v) is 4.26. The van der Waals surface area contributed by atoms with E-state index < -0.39 is 10.0 Å². The Morgan fingerprint density at radius 1 is 1.30 bits per heavy atom. The van der Waals surface area contributed by atoms with E-state index in [4.69, 9.17) is 5.11 Å². The smallest absolute Gasteiger partial charge is 0.279 e. The van der Waals surface area contributed by atoms with Gasteiger partial charge in [-0.1, -0.05) is 25.5 Å². The van der Waals surface area contributed by atoms with Crippen LogP contribution in [0.25, 0.3) is 0 Å². The van der Waals surface area contributed by atoms with Crippen molar-refractivity contribution in [3.63, 3.8) is 0 Å². The van der Waals surface area contributed by atoms with Crippen LogP contribution in [0, 0.1) is 0 Å². The topological polar surface area (TPSA) is 95.1 Å². The SMILES string of the molecule is CCCc1ccc(NS(=O)(=O)c2[nH]ncc2CO)cc1. The van der Waals surface area contributed by atoms with Crippen molar-refractivity contribution in [1.82, 2.24) is 10.2 Å². The van der Waals surface area contributed by atoms with E-state index in [1.807, 2.05) is 12.1 Å². The van der Waals surface area contributed by atoms with Gasteiger partial charge in [0.25, 0.3) is 10.0 Å². The van der Waals surface area contributed by atoms with Gasteiger partial charge in [-0.2, -0.15) is 13.5 Å². The summed E-state index contributed by atoms with van der Waals surface area (Å²) in [7, 11) is -3.77. The number of hydrogen-bond acceptors (Lipinski definition) is 4. The van der Waals surface area contributed by atoms with Gasteiger partial charge in [-0.3, -0.25) is 9.82 Å². The molecule has 1 heterocycles. The fourth-order valence-electron chi connectivity index (χ4n) is 1.88. The van der Waals surface area contributed by atoms with Crippen molar-refractivity contribution in [1.29, 1.82) is 0 Å². The second-order valence-corrected chi connectivity index (χ2v) is 6.05. The zero-order chi connectivity index (χ0) is 14.6. The zero-order valence-corrected chi connectivity index (χ0v) is 11.9. The summed E-state index contributed by atoms with van der Waals surface area (Å²) >= 11 is 0. The Labute approximate surface area is 117 Å². The molecule has 3 N–H and O–H groups in total. The molecule has 0 amide bonds. The number of aliphatic hydroxyl groups excluding tert-OH is 1. The fourth-order valence-corrected chi connectivity index (χ4v) is 3.06. The maximum Gasteiger partial charge on any atom is 0.279 e. The van der Waals surface area contributed by atoms with Crippen LogP contribution in [-0.2, 0) is 23.1 Å². The van der Waals surface area contributed by atoms with Gasteiger partial charge >= 0.3 is 0 Å². The van der Waals surface area contributed by atoms with E-state index in [0.29, 0.717) is 5.69 Å². The van der Waals surface area contributed by atoms with E-state index >= 15 is 0 Å². The maximum absolute atomic E-state index is 12.2. The Balaban J connectivity index is 2.20. The van der Waals surface area contributed by atoms with Gasteiger partial charge < -0.3 is 5.11 Å². The van der Waals surface area contributed by atoms with Gasteiger partial charge in [0, 0.05) is 11.3 Å². The quantitative estimate of drug-likeness (QED) is 0.755. The van der Waals surface area contributed by atoms with Crippen molar-refractivity contribution < 1.29 is 13.5 Å². The molecular weight excluding hydrogens is 278 g/mol. The first-order valence-electron chi connectivity index (χ1n) is 6.31. The molecule has 0 atom stereocenters. The summed E-state index contributed by atoms with van der Waals surface area (Å²) in [6.45, 7) is 1.70. The van der Waals surface area contributed by atoms with Gasteiger partial charge in [-0.05, 0) is 24.1 Å². The summed E-state index contributed by atoms with van der Waals surface area (Å²) in [5.41, 5.74) is 1.87. The van der Waals surface area contributed by atoms with E-state index in [1.54, 1.807) is 12.1 Å². The number of aryl methyl sites for hydroxylation is 1. The molecule has 1 aromatic heterocycles. The number of aromatic nitrogens is 2. The van der Waals surface area contributed by atoms with Crippen LogP contribution in [0.2, 0.25) is 0 Å². The molecule has 0 radical (unpaired) electrons. The molecule has 20 heavy (non-hydrogen) atoms. The van der Waals surface area contributed by atoms with Gasteiger partial charge in [0.05, 0.1) is 12.8 Å².